The molecule has 1 fully saturated rings. The number of nitrogens with zero attached hydrogens (tertiary/aromatic N) is 2. The quantitative estimate of drug-likeness (QED) is 0.378. The molecule has 1 aliphatic heterocycles. The molecule has 0 spiro atoms. The van der Waals surface area contributed by atoms with Crippen LogP contribution in [-0.2, 0) is 9.59 Å². The lowest BCUT2D eigenvalue weighted by Crippen LogP contribution is -2.19. The Hall–Kier alpha value is -2.06. The summed E-state index contributed by atoms with van der Waals surface area (Å²) in [5.74, 6) is 0.258. The van der Waals surface area contributed by atoms with Crippen molar-refractivity contribution in [3.63, 3.8) is 0 Å². The Morgan fingerprint density at radius 1 is 1.52 bits per heavy atom. The van der Waals surface area contributed by atoms with Crippen LogP contribution in [0.5, 0.6) is 11.5 Å². The summed E-state index contributed by atoms with van der Waals surface area (Å²) in [6.07, 6.45) is 1.46. The van der Waals surface area contributed by atoms with E-state index in [-0.39, 0.29) is 16.7 Å². The van der Waals surface area contributed by atoms with E-state index in [0.717, 1.165) is 0 Å². The zero-order chi connectivity index (χ0) is 16.8. The molecule has 0 aromatic heterocycles. The maximum atomic E-state index is 11.1. The molecular weight excluding hydrogens is 342 g/mol. The zero-order valence-electron chi connectivity index (χ0n) is 12.5. The molecule has 1 aromatic rings. The Balaban J connectivity index is 2.22. The molecule has 1 amide bonds. The van der Waals surface area contributed by atoms with E-state index in [4.69, 9.17) is 21.1 Å². The number of hydrogen-bond donors (Lipinski definition) is 1. The molecule has 0 bridgehead atoms. The third-order valence-electron chi connectivity index (χ3n) is 2.52. The fourth-order valence-electron chi connectivity index (χ4n) is 1.70. The van der Waals surface area contributed by atoms with Gasteiger partial charge in [-0.1, -0.05) is 23.4 Å². The van der Waals surface area contributed by atoms with Crippen molar-refractivity contribution in [3.05, 3.63) is 22.7 Å². The van der Waals surface area contributed by atoms with Gasteiger partial charge >= 0.3 is 5.97 Å². The standard InChI is InChI=1S/C14H14ClN3O4S/c1-3-21-11-5-9(4-10(15)13(11)22-8(2)19)6-16-18-14-17-12(20)7-23-14/h4-6H,3,7H2,1-2H3,(H,17,18,20). The van der Waals surface area contributed by atoms with Crippen molar-refractivity contribution < 1.29 is 19.1 Å². The van der Waals surface area contributed by atoms with Crippen LogP contribution < -0.4 is 14.8 Å². The van der Waals surface area contributed by atoms with Crippen molar-refractivity contribution in [2.24, 2.45) is 10.2 Å². The first kappa shape index (κ1) is 17.3. The molecule has 1 N–H and O–H groups in total. The Kier molecular flexibility index (Phi) is 6.00. The molecule has 7 nitrogen and oxygen atoms in total. The van der Waals surface area contributed by atoms with Crippen LogP contribution in [0.2, 0.25) is 5.02 Å². The zero-order valence-corrected chi connectivity index (χ0v) is 14.0. The topological polar surface area (TPSA) is 89.3 Å². The van der Waals surface area contributed by atoms with Crippen molar-refractivity contribution >= 4 is 46.6 Å². The first-order valence-electron chi connectivity index (χ1n) is 6.68. The first-order chi connectivity index (χ1) is 11.0. The molecular formula is C14H14ClN3O4S. The highest BCUT2D eigenvalue weighted by atomic mass is 35.5. The van der Waals surface area contributed by atoms with Crippen LogP contribution in [0.4, 0.5) is 0 Å². The minimum absolute atomic E-state index is 0.101. The second kappa shape index (κ2) is 7.98. The molecule has 2 rings (SSSR count). The van der Waals surface area contributed by atoms with E-state index >= 15 is 0 Å². The number of amides is 1. The number of hydrogen-bond acceptors (Lipinski definition) is 7. The van der Waals surface area contributed by atoms with Crippen molar-refractivity contribution in [3.8, 4) is 11.5 Å². The molecule has 0 saturated carbocycles. The lowest BCUT2D eigenvalue weighted by molar-refractivity contribution is -0.132. The fourth-order valence-corrected chi connectivity index (χ4v) is 2.58. The second-order valence-corrected chi connectivity index (χ2v) is 5.71. The van der Waals surface area contributed by atoms with E-state index in [1.807, 2.05) is 0 Å². The average Bonchev–Trinajstić information content (AvgIpc) is 2.88. The lowest BCUT2D eigenvalue weighted by Gasteiger charge is -2.12. The summed E-state index contributed by atoms with van der Waals surface area (Å²) < 4.78 is 10.5. The number of nitrogens with one attached hydrogen (secondary N) is 1. The Morgan fingerprint density at radius 2 is 2.30 bits per heavy atom. The van der Waals surface area contributed by atoms with E-state index in [1.165, 1.54) is 24.9 Å². The summed E-state index contributed by atoms with van der Waals surface area (Å²) in [7, 11) is 0. The third kappa shape index (κ3) is 4.97. The van der Waals surface area contributed by atoms with E-state index in [2.05, 4.69) is 15.5 Å². The molecule has 1 heterocycles. The van der Waals surface area contributed by atoms with Gasteiger partial charge in [-0.2, -0.15) is 5.10 Å². The summed E-state index contributed by atoms with van der Waals surface area (Å²) in [5.41, 5.74) is 0.619. The molecule has 1 aliphatic rings. The summed E-state index contributed by atoms with van der Waals surface area (Å²) in [5, 5.41) is 11.0. The first-order valence-corrected chi connectivity index (χ1v) is 8.04. The van der Waals surface area contributed by atoms with Gasteiger partial charge in [0.15, 0.2) is 16.7 Å². The van der Waals surface area contributed by atoms with Crippen molar-refractivity contribution in [2.45, 2.75) is 13.8 Å². The summed E-state index contributed by atoms with van der Waals surface area (Å²) >= 11 is 7.40. The van der Waals surface area contributed by atoms with Gasteiger partial charge in [0.25, 0.3) is 0 Å². The number of thioether (sulfide) groups is 1. The van der Waals surface area contributed by atoms with E-state index in [1.54, 1.807) is 19.1 Å². The Labute approximate surface area is 142 Å². The maximum Gasteiger partial charge on any atom is 0.308 e. The van der Waals surface area contributed by atoms with Crippen LogP contribution in [0.15, 0.2) is 22.3 Å². The number of amidine groups is 1. The summed E-state index contributed by atoms with van der Waals surface area (Å²) in [4.78, 5) is 22.2. The molecule has 122 valence electrons. The molecule has 1 aromatic carbocycles. The third-order valence-corrected chi connectivity index (χ3v) is 3.66. The molecule has 0 unspecified atom stereocenters. The van der Waals surface area contributed by atoms with Crippen LogP contribution in [-0.4, -0.2) is 35.6 Å². The number of halogens is 1. The highest BCUT2D eigenvalue weighted by Gasteiger charge is 2.16. The van der Waals surface area contributed by atoms with Crippen molar-refractivity contribution in [1.82, 2.24) is 5.32 Å². The van der Waals surface area contributed by atoms with E-state index in [0.29, 0.717) is 28.8 Å². The Bertz CT molecular complexity index is 691. The molecule has 23 heavy (non-hydrogen) atoms. The maximum absolute atomic E-state index is 11.1. The van der Waals surface area contributed by atoms with Gasteiger partial charge in [-0.3, -0.25) is 9.59 Å². The van der Waals surface area contributed by atoms with Crippen LogP contribution in [0.25, 0.3) is 0 Å². The molecule has 9 heteroatoms. The predicted molar refractivity (Wildman–Crippen MR) is 89.6 cm³/mol. The number of carbonyl (C=O) groups is 2. The number of rotatable bonds is 5. The largest absolute Gasteiger partial charge is 0.490 e. The van der Waals surface area contributed by atoms with Gasteiger partial charge in [0.05, 0.1) is 23.6 Å². The van der Waals surface area contributed by atoms with Crippen LogP contribution >= 0.6 is 23.4 Å². The number of ether oxygens (including phenoxy) is 2. The lowest BCUT2D eigenvalue weighted by atomic mass is 10.2. The van der Waals surface area contributed by atoms with Gasteiger partial charge < -0.3 is 14.8 Å². The number of esters is 1. The highest BCUT2D eigenvalue weighted by molar-refractivity contribution is 8.15. The summed E-state index contributed by atoms with van der Waals surface area (Å²) in [6.45, 7) is 3.47. The van der Waals surface area contributed by atoms with Gasteiger partial charge in [-0.05, 0) is 19.1 Å². The highest BCUT2D eigenvalue weighted by Crippen LogP contribution is 2.36. The van der Waals surface area contributed by atoms with Crippen molar-refractivity contribution in [1.29, 1.82) is 0 Å². The molecule has 0 radical (unpaired) electrons. The van der Waals surface area contributed by atoms with E-state index in [9.17, 15) is 9.59 Å². The minimum atomic E-state index is -0.491. The van der Waals surface area contributed by atoms with Crippen LogP contribution in [0.3, 0.4) is 0 Å². The van der Waals surface area contributed by atoms with Gasteiger partial charge in [0, 0.05) is 12.5 Å². The second-order valence-electron chi connectivity index (χ2n) is 4.34. The normalized spacial score (nSPS) is 16.0. The van der Waals surface area contributed by atoms with Gasteiger partial charge in [0.1, 0.15) is 0 Å². The van der Waals surface area contributed by atoms with Gasteiger partial charge in [-0.15, -0.1) is 5.10 Å². The number of carbonyl (C=O) groups excluding carboxylic acids is 2. The molecule has 0 atom stereocenters. The SMILES string of the molecule is CCOc1cc(C=NN=C2NC(=O)CS2)cc(Cl)c1OC(C)=O. The summed E-state index contributed by atoms with van der Waals surface area (Å²) in [6, 6.07) is 3.21. The fraction of sp³-hybridized carbons (Fsp3) is 0.286. The Morgan fingerprint density at radius 3 is 2.91 bits per heavy atom. The average molecular weight is 356 g/mol. The monoisotopic (exact) mass is 355 g/mol. The van der Waals surface area contributed by atoms with Crippen LogP contribution in [0.1, 0.15) is 19.4 Å². The van der Waals surface area contributed by atoms with E-state index < -0.39 is 5.97 Å². The molecule has 1 saturated heterocycles. The molecule has 0 aliphatic carbocycles. The van der Waals surface area contributed by atoms with Gasteiger partial charge in [-0.25, -0.2) is 0 Å². The van der Waals surface area contributed by atoms with Crippen molar-refractivity contribution in [2.75, 3.05) is 12.4 Å². The predicted octanol–water partition coefficient (Wildman–Crippen LogP) is 2.22. The van der Waals surface area contributed by atoms with Gasteiger partial charge in [0.2, 0.25) is 5.91 Å². The number of benzene rings is 1. The minimum Gasteiger partial charge on any atom is -0.490 e. The van der Waals surface area contributed by atoms with Crippen LogP contribution in [0, 0.1) is 0 Å². The smallest absolute Gasteiger partial charge is 0.308 e.